The fourth-order valence-corrected chi connectivity index (χ4v) is 5.05. The fourth-order valence-electron chi connectivity index (χ4n) is 3.40. The van der Waals surface area contributed by atoms with Crippen LogP contribution in [-0.2, 0) is 16.6 Å². The number of ether oxygens (including phenoxy) is 2. The number of aromatic nitrogens is 1. The Balaban J connectivity index is 2.15. The topological polar surface area (TPSA) is 60.8 Å². The molecule has 0 saturated heterocycles. The monoisotopic (exact) mass is 364 g/mol. The van der Waals surface area contributed by atoms with Crippen LogP contribution >= 0.6 is 0 Å². The number of hydrogen-bond donors (Lipinski definition) is 0. The van der Waals surface area contributed by atoms with Crippen LogP contribution in [0.5, 0.6) is 11.5 Å². The fraction of sp³-hybridized carbons (Fsp3) is 0.444. The third-order valence-electron chi connectivity index (χ3n) is 4.55. The number of fused-ring (bicyclic) bond motifs is 1. The Morgan fingerprint density at radius 1 is 1.16 bits per heavy atom. The molecule has 2 heterocycles. The Hall–Kier alpha value is -1.99. The van der Waals surface area contributed by atoms with Crippen LogP contribution in [0.1, 0.15) is 30.6 Å². The number of methoxy groups -OCH3 is 2. The molecule has 7 heteroatoms. The molecule has 1 aliphatic rings. The lowest BCUT2D eigenvalue weighted by atomic mass is 10.0. The van der Waals surface area contributed by atoms with Gasteiger partial charge in [-0.3, -0.25) is 0 Å². The summed E-state index contributed by atoms with van der Waals surface area (Å²) >= 11 is 0. The van der Waals surface area contributed by atoms with Crippen LogP contribution in [0.25, 0.3) is 0 Å². The first-order valence-corrected chi connectivity index (χ1v) is 9.99. The molecule has 0 amide bonds. The summed E-state index contributed by atoms with van der Waals surface area (Å²) in [7, 11) is -0.175. The van der Waals surface area contributed by atoms with E-state index in [1.807, 2.05) is 37.4 Å². The van der Waals surface area contributed by atoms with Crippen molar-refractivity contribution < 1.29 is 17.9 Å². The summed E-state index contributed by atoms with van der Waals surface area (Å²) in [4.78, 5) is 0. The van der Waals surface area contributed by atoms with Crippen molar-refractivity contribution in [2.24, 2.45) is 0 Å². The van der Waals surface area contributed by atoms with Gasteiger partial charge in [0.15, 0.2) is 0 Å². The molecule has 0 aliphatic carbocycles. The predicted octanol–water partition coefficient (Wildman–Crippen LogP) is 2.65. The van der Waals surface area contributed by atoms with E-state index in [2.05, 4.69) is 4.57 Å². The second-order valence-corrected chi connectivity index (χ2v) is 8.10. The zero-order chi connectivity index (χ0) is 18.0. The first kappa shape index (κ1) is 17.8. The van der Waals surface area contributed by atoms with E-state index in [0.717, 1.165) is 11.3 Å². The normalized spacial score (nSPS) is 18.0. The number of rotatable bonds is 6. The van der Waals surface area contributed by atoms with Crippen molar-refractivity contribution in [2.45, 2.75) is 25.9 Å². The molecular formula is C18H24N2O4S. The van der Waals surface area contributed by atoms with Gasteiger partial charge < -0.3 is 14.0 Å². The average Bonchev–Trinajstić information content (AvgIpc) is 3.09. The Labute approximate surface area is 149 Å². The molecule has 6 nitrogen and oxygen atoms in total. The van der Waals surface area contributed by atoms with Crippen LogP contribution in [-0.4, -0.2) is 43.8 Å². The van der Waals surface area contributed by atoms with Crippen LogP contribution in [0.4, 0.5) is 0 Å². The second-order valence-electron chi connectivity index (χ2n) is 6.06. The van der Waals surface area contributed by atoms with E-state index in [-0.39, 0.29) is 5.75 Å². The highest BCUT2D eigenvalue weighted by atomic mass is 32.2. The SMILES string of the molecule is CCCS(=O)(=O)N1CCn2cccc2C1c1ccc(OC)cc1OC. The summed E-state index contributed by atoms with van der Waals surface area (Å²) in [6.07, 6.45) is 2.58. The molecule has 3 rings (SSSR count). The van der Waals surface area contributed by atoms with Gasteiger partial charge in [-0.25, -0.2) is 8.42 Å². The van der Waals surface area contributed by atoms with Crippen LogP contribution in [0.2, 0.25) is 0 Å². The number of hydrogen-bond acceptors (Lipinski definition) is 4. The largest absolute Gasteiger partial charge is 0.497 e. The highest BCUT2D eigenvalue weighted by molar-refractivity contribution is 7.89. The van der Waals surface area contributed by atoms with E-state index in [4.69, 9.17) is 9.47 Å². The van der Waals surface area contributed by atoms with Gasteiger partial charge in [0.1, 0.15) is 11.5 Å². The molecule has 1 aromatic heterocycles. The predicted molar refractivity (Wildman–Crippen MR) is 96.6 cm³/mol. The summed E-state index contributed by atoms with van der Waals surface area (Å²) < 4.78 is 40.3. The molecule has 0 radical (unpaired) electrons. The molecule has 2 aromatic rings. The maximum atomic E-state index is 12.9. The number of benzene rings is 1. The first-order valence-electron chi connectivity index (χ1n) is 8.38. The molecule has 25 heavy (non-hydrogen) atoms. The van der Waals surface area contributed by atoms with Crippen molar-refractivity contribution in [3.8, 4) is 11.5 Å². The van der Waals surface area contributed by atoms with Crippen molar-refractivity contribution in [1.82, 2.24) is 8.87 Å². The van der Waals surface area contributed by atoms with E-state index in [1.54, 1.807) is 24.6 Å². The summed E-state index contributed by atoms with van der Waals surface area (Å²) in [5.41, 5.74) is 1.78. The Kier molecular flexibility index (Phi) is 5.06. The van der Waals surface area contributed by atoms with E-state index >= 15 is 0 Å². The zero-order valence-corrected chi connectivity index (χ0v) is 15.6. The summed E-state index contributed by atoms with van der Waals surface area (Å²) in [5.74, 6) is 1.44. The summed E-state index contributed by atoms with van der Waals surface area (Å²) in [6, 6.07) is 9.04. The van der Waals surface area contributed by atoms with Crippen LogP contribution in [0.3, 0.4) is 0 Å². The zero-order valence-electron chi connectivity index (χ0n) is 14.8. The lowest BCUT2D eigenvalue weighted by Crippen LogP contribution is -2.43. The van der Waals surface area contributed by atoms with Gasteiger partial charge in [0, 0.05) is 36.6 Å². The molecule has 0 bridgehead atoms. The Morgan fingerprint density at radius 3 is 2.64 bits per heavy atom. The lowest BCUT2D eigenvalue weighted by Gasteiger charge is -2.36. The minimum absolute atomic E-state index is 0.142. The molecule has 0 spiro atoms. The summed E-state index contributed by atoms with van der Waals surface area (Å²) in [5, 5.41) is 0. The lowest BCUT2D eigenvalue weighted by molar-refractivity contribution is 0.290. The van der Waals surface area contributed by atoms with Crippen LogP contribution < -0.4 is 9.47 Å². The summed E-state index contributed by atoms with van der Waals surface area (Å²) in [6.45, 7) is 2.98. The quantitative estimate of drug-likeness (QED) is 0.791. The van der Waals surface area contributed by atoms with Crippen LogP contribution in [0, 0.1) is 0 Å². The second kappa shape index (κ2) is 7.09. The minimum atomic E-state index is -3.36. The first-order chi connectivity index (χ1) is 12.0. The molecular weight excluding hydrogens is 340 g/mol. The van der Waals surface area contributed by atoms with E-state index in [0.29, 0.717) is 31.0 Å². The van der Waals surface area contributed by atoms with Gasteiger partial charge >= 0.3 is 0 Å². The van der Waals surface area contributed by atoms with Crippen molar-refractivity contribution in [3.05, 3.63) is 47.8 Å². The molecule has 0 saturated carbocycles. The van der Waals surface area contributed by atoms with Gasteiger partial charge in [-0.05, 0) is 30.7 Å². The van der Waals surface area contributed by atoms with Gasteiger partial charge in [0.25, 0.3) is 0 Å². The molecule has 1 aromatic carbocycles. The van der Waals surface area contributed by atoms with E-state index < -0.39 is 16.1 Å². The Bertz CT molecular complexity index is 845. The van der Waals surface area contributed by atoms with Gasteiger partial charge in [-0.15, -0.1) is 0 Å². The average molecular weight is 364 g/mol. The molecule has 0 N–H and O–H groups in total. The van der Waals surface area contributed by atoms with Crippen LogP contribution in [0.15, 0.2) is 36.5 Å². The van der Waals surface area contributed by atoms with Crippen molar-refractivity contribution >= 4 is 10.0 Å². The highest BCUT2D eigenvalue weighted by Crippen LogP contribution is 2.40. The third-order valence-corrected chi connectivity index (χ3v) is 6.58. The standard InChI is InChI=1S/C18H24N2O4S/c1-4-12-25(21,22)20-11-10-19-9-5-6-16(19)18(20)15-8-7-14(23-2)13-17(15)24-3/h5-9,13,18H,4,10-12H2,1-3H3. The highest BCUT2D eigenvalue weighted by Gasteiger charge is 2.37. The third kappa shape index (κ3) is 3.26. The number of sulfonamides is 1. The van der Waals surface area contributed by atoms with Gasteiger partial charge in [0.2, 0.25) is 10.0 Å². The van der Waals surface area contributed by atoms with Gasteiger partial charge in [-0.1, -0.05) is 6.92 Å². The Morgan fingerprint density at radius 2 is 1.96 bits per heavy atom. The molecule has 136 valence electrons. The van der Waals surface area contributed by atoms with Crippen molar-refractivity contribution in [3.63, 3.8) is 0 Å². The van der Waals surface area contributed by atoms with Gasteiger partial charge in [0.05, 0.1) is 26.0 Å². The minimum Gasteiger partial charge on any atom is -0.497 e. The maximum absolute atomic E-state index is 12.9. The number of nitrogens with zero attached hydrogens (tertiary/aromatic N) is 2. The molecule has 1 unspecified atom stereocenters. The molecule has 1 aliphatic heterocycles. The van der Waals surface area contributed by atoms with E-state index in [1.165, 1.54) is 0 Å². The van der Waals surface area contributed by atoms with Crippen molar-refractivity contribution in [2.75, 3.05) is 26.5 Å². The van der Waals surface area contributed by atoms with Crippen molar-refractivity contribution in [1.29, 1.82) is 0 Å². The van der Waals surface area contributed by atoms with Gasteiger partial charge in [-0.2, -0.15) is 4.31 Å². The van der Waals surface area contributed by atoms with E-state index in [9.17, 15) is 8.42 Å². The smallest absolute Gasteiger partial charge is 0.215 e. The molecule has 1 atom stereocenters. The molecule has 0 fully saturated rings. The maximum Gasteiger partial charge on any atom is 0.215 e.